The van der Waals surface area contributed by atoms with Crippen molar-refractivity contribution in [2.45, 2.75) is 0 Å². The van der Waals surface area contributed by atoms with Crippen LogP contribution in [0.4, 0.5) is 5.69 Å². The van der Waals surface area contributed by atoms with Gasteiger partial charge in [-0.3, -0.25) is 0 Å². The van der Waals surface area contributed by atoms with Crippen molar-refractivity contribution in [1.82, 2.24) is 0 Å². The smallest absolute Gasteiger partial charge is 0.112 e. The molecule has 0 saturated heterocycles. The molecule has 1 aromatic carbocycles. The monoisotopic (exact) mass is 186 g/mol. The molecule has 0 aliphatic heterocycles. The second-order valence-corrected chi connectivity index (χ2v) is 2.61. The molecule has 4 heteroatoms. The molecule has 0 aromatic heterocycles. The number of hydrogen-bond acceptors (Lipinski definition) is 2. The Morgan fingerprint density at radius 1 is 1.27 bits per heavy atom. The quantitative estimate of drug-likeness (QED) is 0.654. The Bertz CT molecular complexity index is 296. The summed E-state index contributed by atoms with van der Waals surface area (Å²) < 4.78 is 0. The summed E-state index contributed by atoms with van der Waals surface area (Å²) in [4.78, 5) is 3.56. The first-order valence-corrected chi connectivity index (χ1v) is 3.58. The fourth-order valence-corrected chi connectivity index (χ4v) is 1.13. The van der Waals surface area contributed by atoms with Gasteiger partial charge in [-0.05, 0) is 12.1 Å². The maximum atomic E-state index is 6.60. The van der Waals surface area contributed by atoms with Crippen LogP contribution in [-0.2, 0) is 0 Å². The number of para-hydroxylation sites is 1. The first-order chi connectivity index (χ1) is 5.25. The van der Waals surface area contributed by atoms with Gasteiger partial charge in [0.05, 0.1) is 16.1 Å². The van der Waals surface area contributed by atoms with Gasteiger partial charge < -0.3 is 0 Å². The summed E-state index contributed by atoms with van der Waals surface area (Å²) in [5.74, 6) is 0. The van der Waals surface area contributed by atoms with Crippen molar-refractivity contribution in [3.8, 4) is 0 Å². The second kappa shape index (κ2) is 3.54. The maximum Gasteiger partial charge on any atom is 0.112 e. The van der Waals surface area contributed by atoms with Crippen molar-refractivity contribution in [3.05, 3.63) is 28.2 Å². The van der Waals surface area contributed by atoms with Gasteiger partial charge in [0, 0.05) is 0 Å². The summed E-state index contributed by atoms with van der Waals surface area (Å²) in [6.45, 7) is 0. The van der Waals surface area contributed by atoms with Crippen LogP contribution in [-0.4, -0.2) is 6.01 Å². The molecule has 0 aliphatic rings. The molecule has 0 atom stereocenters. The lowest BCUT2D eigenvalue weighted by molar-refractivity contribution is 1.48. The Balaban J connectivity index is 3.31. The highest BCUT2D eigenvalue weighted by Gasteiger charge is 2.01. The van der Waals surface area contributed by atoms with E-state index in [0.29, 0.717) is 15.7 Å². The van der Waals surface area contributed by atoms with Crippen molar-refractivity contribution in [1.29, 1.82) is 5.41 Å². The third-order valence-electron chi connectivity index (χ3n) is 1.11. The molecule has 0 saturated carbocycles. The molecule has 0 fully saturated rings. The zero-order valence-electron chi connectivity index (χ0n) is 5.44. The molecule has 0 radical (unpaired) electrons. The average Bonchev–Trinajstić information content (AvgIpc) is 1.97. The SMILES string of the molecule is N=C=Nc1c(Cl)cccc1Cl. The molecule has 2 nitrogen and oxygen atoms in total. The van der Waals surface area contributed by atoms with Crippen molar-refractivity contribution >= 4 is 34.9 Å². The molecule has 0 heterocycles. The van der Waals surface area contributed by atoms with E-state index in [2.05, 4.69) is 4.99 Å². The molecule has 1 N–H and O–H groups in total. The molecule has 1 aromatic rings. The summed E-state index contributed by atoms with van der Waals surface area (Å²) >= 11 is 11.4. The van der Waals surface area contributed by atoms with Gasteiger partial charge in [-0.1, -0.05) is 29.3 Å². The van der Waals surface area contributed by atoms with Gasteiger partial charge in [0.15, 0.2) is 0 Å². The van der Waals surface area contributed by atoms with Crippen LogP contribution in [0.25, 0.3) is 0 Å². The lowest BCUT2D eigenvalue weighted by Gasteiger charge is -1.96. The molecule has 0 bridgehead atoms. The van der Waals surface area contributed by atoms with E-state index in [-0.39, 0.29) is 0 Å². The Morgan fingerprint density at radius 2 is 1.82 bits per heavy atom. The van der Waals surface area contributed by atoms with Gasteiger partial charge in [-0.2, -0.15) is 4.99 Å². The zero-order chi connectivity index (χ0) is 8.27. The van der Waals surface area contributed by atoms with E-state index in [1.807, 2.05) is 6.01 Å². The molecule has 1 rings (SSSR count). The lowest BCUT2D eigenvalue weighted by atomic mass is 10.3. The average molecular weight is 187 g/mol. The summed E-state index contributed by atoms with van der Waals surface area (Å²) in [7, 11) is 0. The van der Waals surface area contributed by atoms with Crippen LogP contribution in [0.5, 0.6) is 0 Å². The minimum atomic E-state index is 0.394. The Labute approximate surface area is 74.0 Å². The predicted octanol–water partition coefficient (Wildman–Crippen LogP) is 3.38. The molecular formula is C7H4Cl2N2. The van der Waals surface area contributed by atoms with E-state index in [9.17, 15) is 0 Å². The molecule has 0 unspecified atom stereocenters. The molecule has 11 heavy (non-hydrogen) atoms. The van der Waals surface area contributed by atoms with Crippen LogP contribution in [0.2, 0.25) is 10.0 Å². The standard InChI is InChI=1S/C7H4Cl2N2/c8-5-2-1-3-6(9)7(5)11-4-10/h1-3,10H. The van der Waals surface area contributed by atoms with E-state index >= 15 is 0 Å². The topological polar surface area (TPSA) is 36.2 Å². The number of nitrogens with zero attached hydrogens (tertiary/aromatic N) is 1. The van der Waals surface area contributed by atoms with E-state index in [0.717, 1.165) is 0 Å². The first kappa shape index (κ1) is 8.28. The van der Waals surface area contributed by atoms with E-state index in [1.165, 1.54) is 0 Å². The van der Waals surface area contributed by atoms with Crippen molar-refractivity contribution in [2.24, 2.45) is 4.99 Å². The van der Waals surface area contributed by atoms with Gasteiger partial charge in [-0.15, -0.1) is 0 Å². The highest BCUT2D eigenvalue weighted by Crippen LogP contribution is 2.31. The van der Waals surface area contributed by atoms with Gasteiger partial charge in [0.25, 0.3) is 0 Å². The highest BCUT2D eigenvalue weighted by molar-refractivity contribution is 6.38. The largest absolute Gasteiger partial charge is 0.241 e. The Morgan fingerprint density at radius 3 is 2.27 bits per heavy atom. The van der Waals surface area contributed by atoms with Crippen LogP contribution in [0.15, 0.2) is 23.2 Å². The fourth-order valence-electron chi connectivity index (χ4n) is 0.652. The second-order valence-electron chi connectivity index (χ2n) is 1.79. The van der Waals surface area contributed by atoms with Crippen molar-refractivity contribution < 1.29 is 0 Å². The first-order valence-electron chi connectivity index (χ1n) is 2.82. The van der Waals surface area contributed by atoms with Gasteiger partial charge >= 0.3 is 0 Å². The van der Waals surface area contributed by atoms with Crippen LogP contribution in [0.1, 0.15) is 0 Å². The number of aliphatic imine (C=N–C) groups is 1. The minimum Gasteiger partial charge on any atom is -0.241 e. The van der Waals surface area contributed by atoms with E-state index in [1.54, 1.807) is 18.2 Å². The van der Waals surface area contributed by atoms with E-state index < -0.39 is 0 Å². The number of hydrogen-bond donors (Lipinski definition) is 1. The van der Waals surface area contributed by atoms with Gasteiger partial charge in [0.1, 0.15) is 5.69 Å². The summed E-state index contributed by atoms with van der Waals surface area (Å²) in [5, 5.41) is 7.46. The Hall–Kier alpha value is -0.820. The lowest BCUT2D eigenvalue weighted by Crippen LogP contribution is -1.69. The molecule has 0 spiro atoms. The molecule has 0 amide bonds. The molecular weight excluding hydrogens is 183 g/mol. The van der Waals surface area contributed by atoms with E-state index in [4.69, 9.17) is 28.6 Å². The van der Waals surface area contributed by atoms with Crippen molar-refractivity contribution in [2.75, 3.05) is 0 Å². The number of benzene rings is 1. The normalized spacial score (nSPS) is 8.91. The van der Waals surface area contributed by atoms with Crippen molar-refractivity contribution in [3.63, 3.8) is 0 Å². The van der Waals surface area contributed by atoms with Gasteiger partial charge in [0.2, 0.25) is 0 Å². The number of rotatable bonds is 1. The third kappa shape index (κ3) is 1.81. The summed E-state index contributed by atoms with van der Waals surface area (Å²) in [5.41, 5.74) is 0.394. The highest BCUT2D eigenvalue weighted by atomic mass is 35.5. The molecule has 56 valence electrons. The minimum absolute atomic E-state index is 0.394. The fraction of sp³-hybridized carbons (Fsp3) is 0. The third-order valence-corrected chi connectivity index (χ3v) is 1.72. The van der Waals surface area contributed by atoms with Gasteiger partial charge in [-0.25, -0.2) is 5.41 Å². The van der Waals surface area contributed by atoms with Crippen LogP contribution in [0, 0.1) is 5.41 Å². The van der Waals surface area contributed by atoms with Crippen LogP contribution < -0.4 is 0 Å². The predicted molar refractivity (Wildman–Crippen MR) is 46.3 cm³/mol. The van der Waals surface area contributed by atoms with Crippen LogP contribution >= 0.6 is 23.2 Å². The molecule has 0 aliphatic carbocycles. The number of nitrogens with one attached hydrogen (secondary N) is 1. The Kier molecular flexibility index (Phi) is 2.66. The maximum absolute atomic E-state index is 6.60. The number of halogens is 2. The summed E-state index contributed by atoms with van der Waals surface area (Å²) in [6.07, 6.45) is 0. The summed E-state index contributed by atoms with van der Waals surface area (Å²) in [6, 6.07) is 6.90. The zero-order valence-corrected chi connectivity index (χ0v) is 6.95. The van der Waals surface area contributed by atoms with Crippen LogP contribution in [0.3, 0.4) is 0 Å².